The fourth-order valence-electron chi connectivity index (χ4n) is 1.34. The smallest absolute Gasteiger partial charge is 0.0626 e. The Hall–Kier alpha value is -0.550. The van der Waals surface area contributed by atoms with Crippen molar-refractivity contribution >= 4 is 0 Å². The van der Waals surface area contributed by atoms with E-state index in [0.29, 0.717) is 12.3 Å². The predicted molar refractivity (Wildman–Crippen MR) is 43.0 cm³/mol. The molecule has 2 nitrogen and oxygen atoms in total. The van der Waals surface area contributed by atoms with Gasteiger partial charge in [0, 0.05) is 6.42 Å². The molecule has 1 unspecified atom stereocenters. The van der Waals surface area contributed by atoms with Gasteiger partial charge in [0.25, 0.3) is 0 Å². The van der Waals surface area contributed by atoms with Gasteiger partial charge in [0.05, 0.1) is 18.3 Å². The molecule has 1 atom stereocenters. The first-order valence-corrected chi connectivity index (χ1v) is 4.15. The lowest BCUT2D eigenvalue weighted by atomic mass is 9.90. The molecule has 0 aromatic heterocycles. The summed E-state index contributed by atoms with van der Waals surface area (Å²) in [6.07, 6.45) is 2.87. The van der Waals surface area contributed by atoms with Crippen molar-refractivity contribution in [1.82, 2.24) is 0 Å². The minimum absolute atomic E-state index is 0.0476. The second kappa shape index (κ2) is 3.23. The van der Waals surface area contributed by atoms with Gasteiger partial charge >= 0.3 is 0 Å². The highest BCUT2D eigenvalue weighted by Crippen LogP contribution is 2.28. The van der Waals surface area contributed by atoms with Crippen LogP contribution in [0.25, 0.3) is 0 Å². The molecule has 0 aliphatic carbocycles. The number of nitriles is 1. The van der Waals surface area contributed by atoms with Crippen molar-refractivity contribution in [2.45, 2.75) is 38.7 Å². The highest BCUT2D eigenvalue weighted by molar-refractivity contribution is 4.82. The van der Waals surface area contributed by atoms with Gasteiger partial charge in [-0.3, -0.25) is 0 Å². The number of rotatable bonds is 1. The molecule has 0 bridgehead atoms. The number of ether oxygens (including phenoxy) is 1. The third-order valence-corrected chi connectivity index (χ3v) is 2.24. The van der Waals surface area contributed by atoms with Crippen LogP contribution in [-0.4, -0.2) is 12.2 Å². The van der Waals surface area contributed by atoms with E-state index in [4.69, 9.17) is 10.00 Å². The maximum Gasteiger partial charge on any atom is 0.0626 e. The van der Waals surface area contributed by atoms with Crippen LogP contribution in [0.1, 0.15) is 33.1 Å². The summed E-state index contributed by atoms with van der Waals surface area (Å²) in [6.45, 7) is 4.98. The van der Waals surface area contributed by atoms with Crippen molar-refractivity contribution in [3.05, 3.63) is 0 Å². The summed E-state index contributed by atoms with van der Waals surface area (Å²) in [5.74, 6) is 0.480. The largest absolute Gasteiger partial charge is 0.375 e. The van der Waals surface area contributed by atoms with Gasteiger partial charge in [-0.15, -0.1) is 0 Å². The molecular weight excluding hydrogens is 138 g/mol. The zero-order valence-corrected chi connectivity index (χ0v) is 7.26. The zero-order chi connectivity index (χ0) is 8.32. The lowest BCUT2D eigenvalue weighted by Crippen LogP contribution is -2.33. The van der Waals surface area contributed by atoms with Gasteiger partial charge in [-0.1, -0.05) is 0 Å². The molecule has 1 heterocycles. The van der Waals surface area contributed by atoms with E-state index >= 15 is 0 Å². The second-order valence-corrected chi connectivity index (χ2v) is 3.84. The average Bonchev–Trinajstić information content (AvgIpc) is 1.94. The Morgan fingerprint density at radius 2 is 2.36 bits per heavy atom. The second-order valence-electron chi connectivity index (χ2n) is 3.84. The maximum absolute atomic E-state index is 8.44. The first-order chi connectivity index (χ1) is 5.14. The molecule has 2 heteroatoms. The van der Waals surface area contributed by atoms with Crippen LogP contribution in [0.2, 0.25) is 0 Å². The molecule has 1 rings (SSSR count). The molecule has 0 amide bonds. The molecule has 1 aliphatic rings. The van der Waals surface area contributed by atoms with Crippen LogP contribution in [0.4, 0.5) is 0 Å². The van der Waals surface area contributed by atoms with Crippen LogP contribution in [-0.2, 0) is 4.74 Å². The van der Waals surface area contributed by atoms with Crippen molar-refractivity contribution in [2.75, 3.05) is 6.61 Å². The Morgan fingerprint density at radius 1 is 1.64 bits per heavy atom. The third-order valence-electron chi connectivity index (χ3n) is 2.24. The first kappa shape index (κ1) is 8.55. The fourth-order valence-corrected chi connectivity index (χ4v) is 1.34. The molecular formula is C9H15NO. The lowest BCUT2D eigenvalue weighted by molar-refractivity contribution is -0.0754. The summed E-state index contributed by atoms with van der Waals surface area (Å²) < 4.78 is 5.58. The minimum Gasteiger partial charge on any atom is -0.375 e. The normalized spacial score (nSPS) is 29.4. The van der Waals surface area contributed by atoms with Gasteiger partial charge in [-0.25, -0.2) is 0 Å². The van der Waals surface area contributed by atoms with Crippen LogP contribution < -0.4 is 0 Å². The number of hydrogen-bond acceptors (Lipinski definition) is 2. The van der Waals surface area contributed by atoms with Crippen LogP contribution >= 0.6 is 0 Å². The Balaban J connectivity index is 2.32. The van der Waals surface area contributed by atoms with Crippen LogP contribution in [0, 0.1) is 17.2 Å². The molecule has 1 saturated heterocycles. The number of nitrogens with zero attached hydrogens (tertiary/aromatic N) is 1. The summed E-state index contributed by atoms with van der Waals surface area (Å²) in [5, 5.41) is 8.44. The van der Waals surface area contributed by atoms with Crippen molar-refractivity contribution in [1.29, 1.82) is 5.26 Å². The summed E-state index contributed by atoms with van der Waals surface area (Å²) in [6, 6.07) is 2.18. The molecule has 1 fully saturated rings. The maximum atomic E-state index is 8.44. The fraction of sp³-hybridized carbons (Fsp3) is 0.889. The van der Waals surface area contributed by atoms with Crippen LogP contribution in [0.5, 0.6) is 0 Å². The minimum atomic E-state index is 0.0476. The Labute approximate surface area is 68.2 Å². The Morgan fingerprint density at radius 3 is 2.82 bits per heavy atom. The SMILES string of the molecule is CC1(C)CCC(CC#N)CO1. The van der Waals surface area contributed by atoms with Gasteiger partial charge in [0.15, 0.2) is 0 Å². The molecule has 1 aliphatic heterocycles. The van der Waals surface area contributed by atoms with Gasteiger partial charge in [-0.2, -0.15) is 5.26 Å². The quantitative estimate of drug-likeness (QED) is 0.578. The third kappa shape index (κ3) is 2.51. The summed E-state index contributed by atoms with van der Waals surface area (Å²) in [7, 11) is 0. The van der Waals surface area contributed by atoms with E-state index in [1.807, 2.05) is 0 Å². The standard InChI is InChI=1S/C9H15NO/c1-9(2)5-3-8(4-6-10)7-11-9/h8H,3-5,7H2,1-2H3. The topological polar surface area (TPSA) is 33.0 Å². The van der Waals surface area contributed by atoms with Crippen molar-refractivity contribution in [2.24, 2.45) is 5.92 Å². The highest BCUT2D eigenvalue weighted by Gasteiger charge is 2.26. The molecule has 11 heavy (non-hydrogen) atoms. The van der Waals surface area contributed by atoms with E-state index in [-0.39, 0.29) is 5.60 Å². The van der Waals surface area contributed by atoms with E-state index < -0.39 is 0 Å². The van der Waals surface area contributed by atoms with Crippen LogP contribution in [0.3, 0.4) is 0 Å². The van der Waals surface area contributed by atoms with Crippen molar-refractivity contribution in [3.8, 4) is 6.07 Å². The van der Waals surface area contributed by atoms with E-state index in [9.17, 15) is 0 Å². The monoisotopic (exact) mass is 153 g/mol. The van der Waals surface area contributed by atoms with Gasteiger partial charge < -0.3 is 4.74 Å². The zero-order valence-electron chi connectivity index (χ0n) is 7.26. The molecule has 0 radical (unpaired) electrons. The van der Waals surface area contributed by atoms with Crippen LogP contribution in [0.15, 0.2) is 0 Å². The lowest BCUT2D eigenvalue weighted by Gasteiger charge is -2.33. The van der Waals surface area contributed by atoms with E-state index in [1.54, 1.807) is 0 Å². The summed E-state index contributed by atoms with van der Waals surface area (Å²) in [5.41, 5.74) is 0.0476. The summed E-state index contributed by atoms with van der Waals surface area (Å²) in [4.78, 5) is 0. The average molecular weight is 153 g/mol. The van der Waals surface area contributed by atoms with Crippen molar-refractivity contribution < 1.29 is 4.74 Å². The van der Waals surface area contributed by atoms with Gasteiger partial charge in [0.2, 0.25) is 0 Å². The molecule has 0 aromatic rings. The summed E-state index contributed by atoms with van der Waals surface area (Å²) >= 11 is 0. The Kier molecular flexibility index (Phi) is 2.51. The molecule has 0 saturated carbocycles. The molecule has 0 spiro atoms. The first-order valence-electron chi connectivity index (χ1n) is 4.15. The Bertz CT molecular complexity index is 159. The predicted octanol–water partition coefficient (Wildman–Crippen LogP) is 2.11. The van der Waals surface area contributed by atoms with E-state index in [1.165, 1.54) is 0 Å². The van der Waals surface area contributed by atoms with Gasteiger partial charge in [-0.05, 0) is 32.6 Å². The molecule has 0 N–H and O–H groups in total. The van der Waals surface area contributed by atoms with Crippen molar-refractivity contribution in [3.63, 3.8) is 0 Å². The molecule has 62 valence electrons. The van der Waals surface area contributed by atoms with Gasteiger partial charge in [0.1, 0.15) is 0 Å². The highest BCUT2D eigenvalue weighted by atomic mass is 16.5. The van der Waals surface area contributed by atoms with E-state index in [2.05, 4.69) is 19.9 Å². The molecule has 0 aromatic carbocycles. The number of hydrogen-bond donors (Lipinski definition) is 0. The van der Waals surface area contributed by atoms with E-state index in [0.717, 1.165) is 19.4 Å².